The molecule has 0 aromatic heterocycles. The molecule has 1 saturated heterocycles. The number of carbonyl (C=O) groups excluding carboxylic acids is 2. The number of unbranched alkanes of at least 4 members (excludes halogenated alkanes) is 19. The van der Waals surface area contributed by atoms with E-state index in [9.17, 15) is 30.0 Å². The monoisotopic (exact) mass is 701 g/mol. The summed E-state index contributed by atoms with van der Waals surface area (Å²) in [4.78, 5) is 25.1. The van der Waals surface area contributed by atoms with Crippen LogP contribution in [0.3, 0.4) is 0 Å². The van der Waals surface area contributed by atoms with Gasteiger partial charge in [0, 0.05) is 12.8 Å². The summed E-state index contributed by atoms with van der Waals surface area (Å²) in [6, 6.07) is 0. The highest BCUT2D eigenvalue weighted by molar-refractivity contribution is 5.70. The Kier molecular flexibility index (Phi) is 28.9. The molecule has 0 saturated carbocycles. The van der Waals surface area contributed by atoms with Gasteiger partial charge in [-0.15, -0.1) is 0 Å². The molecule has 0 bridgehead atoms. The van der Waals surface area contributed by atoms with Crippen LogP contribution in [0, 0.1) is 0 Å². The first-order valence-electron chi connectivity index (χ1n) is 19.8. The number of carbonyl (C=O) groups is 2. The van der Waals surface area contributed by atoms with Gasteiger partial charge in [0.15, 0.2) is 12.4 Å². The summed E-state index contributed by atoms with van der Waals surface area (Å²) in [5.41, 5.74) is 0. The fraction of sp³-hybridized carbons (Fsp3) is 0.897. The zero-order valence-corrected chi connectivity index (χ0v) is 30.9. The van der Waals surface area contributed by atoms with Gasteiger partial charge in [0.25, 0.3) is 0 Å². The lowest BCUT2D eigenvalue weighted by Gasteiger charge is -2.39. The van der Waals surface area contributed by atoms with E-state index in [0.717, 1.165) is 57.8 Å². The van der Waals surface area contributed by atoms with Gasteiger partial charge in [-0.3, -0.25) is 9.59 Å². The third-order valence-corrected chi connectivity index (χ3v) is 9.15. The van der Waals surface area contributed by atoms with Crippen molar-refractivity contribution in [2.45, 2.75) is 205 Å². The van der Waals surface area contributed by atoms with Crippen LogP contribution < -0.4 is 0 Å². The Balaban J connectivity index is 2.40. The first kappa shape index (κ1) is 45.5. The molecular weight excluding hydrogens is 628 g/mol. The van der Waals surface area contributed by atoms with E-state index >= 15 is 0 Å². The maximum atomic E-state index is 12.7. The van der Waals surface area contributed by atoms with E-state index in [2.05, 4.69) is 26.0 Å². The van der Waals surface area contributed by atoms with Crippen LogP contribution in [-0.4, -0.2) is 89.0 Å². The Morgan fingerprint density at radius 3 is 1.61 bits per heavy atom. The molecular formula is C39H72O10. The van der Waals surface area contributed by atoms with Gasteiger partial charge in [0.2, 0.25) is 0 Å². The average Bonchev–Trinajstić information content (AvgIpc) is 3.10. The number of esters is 2. The molecule has 1 heterocycles. The summed E-state index contributed by atoms with van der Waals surface area (Å²) in [5.74, 6) is -0.814. The Labute approximate surface area is 297 Å². The smallest absolute Gasteiger partial charge is 0.306 e. The van der Waals surface area contributed by atoms with Gasteiger partial charge in [-0.2, -0.15) is 0 Å². The molecule has 1 aliphatic rings. The maximum absolute atomic E-state index is 12.7. The summed E-state index contributed by atoms with van der Waals surface area (Å²) in [7, 11) is 0. The van der Waals surface area contributed by atoms with E-state index in [-0.39, 0.29) is 32.0 Å². The Morgan fingerprint density at radius 1 is 0.612 bits per heavy atom. The van der Waals surface area contributed by atoms with E-state index in [1.807, 2.05) is 0 Å². The van der Waals surface area contributed by atoms with E-state index < -0.39 is 49.4 Å². The lowest BCUT2D eigenvalue weighted by atomic mass is 9.99. The highest BCUT2D eigenvalue weighted by Gasteiger charge is 2.44. The van der Waals surface area contributed by atoms with Crippen molar-refractivity contribution < 1.29 is 49.0 Å². The molecule has 0 aromatic rings. The second-order valence-corrected chi connectivity index (χ2v) is 13.7. The maximum Gasteiger partial charge on any atom is 0.306 e. The molecule has 4 N–H and O–H groups in total. The molecule has 2 unspecified atom stereocenters. The van der Waals surface area contributed by atoms with Gasteiger partial charge in [-0.05, 0) is 38.5 Å². The lowest BCUT2D eigenvalue weighted by Crippen LogP contribution is -2.59. The molecule has 288 valence electrons. The van der Waals surface area contributed by atoms with E-state index in [0.29, 0.717) is 6.42 Å². The number of hydrogen-bond donors (Lipinski definition) is 4. The predicted octanol–water partition coefficient (Wildman–Crippen LogP) is 7.22. The molecule has 1 rings (SSSR count). The molecule has 49 heavy (non-hydrogen) atoms. The Hall–Kier alpha value is -1.56. The van der Waals surface area contributed by atoms with Crippen molar-refractivity contribution in [2.75, 3.05) is 19.8 Å². The lowest BCUT2D eigenvalue weighted by molar-refractivity contribution is -0.305. The molecule has 10 heteroatoms. The Morgan fingerprint density at radius 2 is 1.08 bits per heavy atom. The van der Waals surface area contributed by atoms with E-state index in [1.54, 1.807) is 0 Å². The molecule has 0 aromatic carbocycles. The molecule has 0 amide bonds. The minimum Gasteiger partial charge on any atom is -0.462 e. The predicted molar refractivity (Wildman–Crippen MR) is 192 cm³/mol. The number of aliphatic hydroxyl groups excluding tert-OH is 4. The van der Waals surface area contributed by atoms with Crippen LogP contribution in [-0.2, 0) is 28.5 Å². The summed E-state index contributed by atoms with van der Waals surface area (Å²) < 4.78 is 22.0. The quantitative estimate of drug-likeness (QED) is 0.0322. The van der Waals surface area contributed by atoms with Gasteiger partial charge in [-0.25, -0.2) is 0 Å². The topological polar surface area (TPSA) is 152 Å². The van der Waals surface area contributed by atoms with Gasteiger partial charge in [0.1, 0.15) is 31.0 Å². The zero-order chi connectivity index (χ0) is 36.0. The van der Waals surface area contributed by atoms with Crippen LogP contribution in [0.4, 0.5) is 0 Å². The third kappa shape index (κ3) is 23.5. The second kappa shape index (κ2) is 31.2. The normalized spacial score (nSPS) is 21.6. The summed E-state index contributed by atoms with van der Waals surface area (Å²) >= 11 is 0. The number of aliphatic hydroxyl groups is 4. The minimum atomic E-state index is -1.59. The van der Waals surface area contributed by atoms with E-state index in [4.69, 9.17) is 18.9 Å². The summed E-state index contributed by atoms with van der Waals surface area (Å²) in [6.07, 6.45) is 22.2. The molecule has 6 atom stereocenters. The molecule has 0 aliphatic carbocycles. The second-order valence-electron chi connectivity index (χ2n) is 13.7. The molecule has 0 radical (unpaired) electrons. The average molecular weight is 701 g/mol. The van der Waals surface area contributed by atoms with Crippen molar-refractivity contribution >= 4 is 11.9 Å². The highest BCUT2D eigenvalue weighted by Crippen LogP contribution is 2.22. The number of rotatable bonds is 32. The van der Waals surface area contributed by atoms with Crippen molar-refractivity contribution in [2.24, 2.45) is 0 Å². The van der Waals surface area contributed by atoms with Crippen LogP contribution in [0.1, 0.15) is 168 Å². The van der Waals surface area contributed by atoms with Crippen LogP contribution in [0.15, 0.2) is 12.2 Å². The van der Waals surface area contributed by atoms with Gasteiger partial charge >= 0.3 is 11.9 Å². The third-order valence-electron chi connectivity index (χ3n) is 9.15. The van der Waals surface area contributed by atoms with Crippen molar-refractivity contribution in [1.29, 1.82) is 0 Å². The van der Waals surface area contributed by atoms with Crippen molar-refractivity contribution in [3.63, 3.8) is 0 Å². The number of allylic oxidation sites excluding steroid dienone is 2. The van der Waals surface area contributed by atoms with Crippen molar-refractivity contribution in [3.8, 4) is 0 Å². The molecule has 0 spiro atoms. The van der Waals surface area contributed by atoms with Gasteiger partial charge in [-0.1, -0.05) is 129 Å². The van der Waals surface area contributed by atoms with Crippen molar-refractivity contribution in [1.82, 2.24) is 0 Å². The van der Waals surface area contributed by atoms with Gasteiger partial charge in [0.05, 0.1) is 13.2 Å². The van der Waals surface area contributed by atoms with Gasteiger partial charge < -0.3 is 39.4 Å². The van der Waals surface area contributed by atoms with Crippen LogP contribution in [0.5, 0.6) is 0 Å². The largest absolute Gasteiger partial charge is 0.462 e. The van der Waals surface area contributed by atoms with Crippen molar-refractivity contribution in [3.05, 3.63) is 12.2 Å². The fourth-order valence-electron chi connectivity index (χ4n) is 5.95. The molecule has 1 aliphatic heterocycles. The van der Waals surface area contributed by atoms with E-state index in [1.165, 1.54) is 77.0 Å². The first-order chi connectivity index (χ1) is 23.8. The first-order valence-corrected chi connectivity index (χ1v) is 19.8. The zero-order valence-electron chi connectivity index (χ0n) is 30.9. The number of hydrogen-bond acceptors (Lipinski definition) is 10. The molecule has 10 nitrogen and oxygen atoms in total. The molecule has 1 fully saturated rings. The fourth-order valence-corrected chi connectivity index (χ4v) is 5.95. The summed E-state index contributed by atoms with van der Waals surface area (Å²) in [6.45, 7) is 3.38. The highest BCUT2D eigenvalue weighted by atomic mass is 16.7. The van der Waals surface area contributed by atoms with Crippen LogP contribution in [0.25, 0.3) is 0 Å². The summed E-state index contributed by atoms with van der Waals surface area (Å²) in [5, 5.41) is 39.9. The number of ether oxygens (including phenoxy) is 4. The van der Waals surface area contributed by atoms with Crippen LogP contribution >= 0.6 is 0 Å². The standard InChI is InChI=1S/C39H72O10/c1-3-5-7-9-11-13-15-16-18-20-22-24-26-28-35(42)48-32(31-47-39-38(45)37(44)36(43)33(29-40)49-39)30-46-34(41)27-25-23-21-19-17-14-12-10-8-6-4-2/h13,15,32-33,36-40,43-45H,3-12,14,16-31H2,1-2H3/b15-13+/t32-,33-,36+,37?,38?,39-/m1/s1. The van der Waals surface area contributed by atoms with Crippen LogP contribution in [0.2, 0.25) is 0 Å². The minimum absolute atomic E-state index is 0.216. The SMILES string of the molecule is CCCCCC/C=C/CCCCCCCC(=O)O[C@H](COC(=O)CCCCCCCCCCCCC)CO[C@@H]1O[C@H](CO)[C@H](O)C(O)C1O. The Bertz CT molecular complexity index is 820.